The molecule has 0 bridgehead atoms. The maximum absolute atomic E-state index is 14.3. The second kappa shape index (κ2) is 9.56. The lowest BCUT2D eigenvalue weighted by Gasteiger charge is -2.47. The Morgan fingerprint density at radius 2 is 1.63 bits per heavy atom. The SMILES string of the molecule is CCOc1cc2c(cc1OCC)[C@@H]1[C@H](C(=O)N3C[C@H](C)C[C@H](C)C3)c3ccccc3C(=O)N1CC2. The molecule has 3 aliphatic rings. The summed E-state index contributed by atoms with van der Waals surface area (Å²) in [6, 6.07) is 11.4. The van der Waals surface area contributed by atoms with E-state index in [2.05, 4.69) is 19.9 Å². The van der Waals surface area contributed by atoms with Gasteiger partial charge in [0.15, 0.2) is 11.5 Å². The summed E-state index contributed by atoms with van der Waals surface area (Å²) in [6.45, 7) is 11.5. The normalized spacial score (nSPS) is 25.4. The number of likely N-dealkylation sites (tertiary alicyclic amines) is 1. The zero-order chi connectivity index (χ0) is 24.7. The van der Waals surface area contributed by atoms with Gasteiger partial charge in [0.1, 0.15) is 0 Å². The van der Waals surface area contributed by atoms with Crippen LogP contribution in [-0.2, 0) is 11.2 Å². The smallest absolute Gasteiger partial charge is 0.254 e. The van der Waals surface area contributed by atoms with Crippen molar-refractivity contribution in [2.75, 3.05) is 32.8 Å². The molecular weight excluding hydrogens is 440 g/mol. The van der Waals surface area contributed by atoms with Crippen molar-refractivity contribution in [3.05, 3.63) is 58.7 Å². The lowest BCUT2D eigenvalue weighted by molar-refractivity contribution is -0.137. The Hall–Kier alpha value is -3.02. The van der Waals surface area contributed by atoms with Gasteiger partial charge in [0.2, 0.25) is 5.91 Å². The largest absolute Gasteiger partial charge is 0.490 e. The lowest BCUT2D eigenvalue weighted by atomic mass is 9.75. The Labute approximate surface area is 208 Å². The highest BCUT2D eigenvalue weighted by molar-refractivity contribution is 6.01. The van der Waals surface area contributed by atoms with Gasteiger partial charge < -0.3 is 19.3 Å². The Morgan fingerprint density at radius 3 is 2.31 bits per heavy atom. The molecule has 1 fully saturated rings. The summed E-state index contributed by atoms with van der Waals surface area (Å²) >= 11 is 0. The lowest BCUT2D eigenvalue weighted by Crippen LogP contribution is -2.52. The molecule has 0 N–H and O–H groups in total. The van der Waals surface area contributed by atoms with E-state index in [1.807, 2.05) is 54.0 Å². The fourth-order valence-electron chi connectivity index (χ4n) is 6.38. The van der Waals surface area contributed by atoms with Crippen LogP contribution in [-0.4, -0.2) is 54.5 Å². The van der Waals surface area contributed by atoms with E-state index >= 15 is 0 Å². The number of nitrogens with zero attached hydrogens (tertiary/aromatic N) is 2. The summed E-state index contributed by atoms with van der Waals surface area (Å²) in [4.78, 5) is 31.9. The van der Waals surface area contributed by atoms with E-state index in [0.29, 0.717) is 42.9 Å². The zero-order valence-corrected chi connectivity index (χ0v) is 21.3. The number of fused-ring (bicyclic) bond motifs is 4. The fraction of sp³-hybridized carbons (Fsp3) is 0.517. The predicted octanol–water partition coefficient (Wildman–Crippen LogP) is 4.83. The van der Waals surface area contributed by atoms with Gasteiger partial charge in [-0.3, -0.25) is 9.59 Å². The van der Waals surface area contributed by atoms with Crippen LogP contribution in [0.3, 0.4) is 0 Å². The molecule has 0 aromatic heterocycles. The highest BCUT2D eigenvalue weighted by atomic mass is 16.5. The molecule has 3 aliphatic heterocycles. The zero-order valence-electron chi connectivity index (χ0n) is 21.3. The number of benzene rings is 2. The molecule has 6 heteroatoms. The minimum atomic E-state index is -0.437. The predicted molar refractivity (Wildman–Crippen MR) is 135 cm³/mol. The van der Waals surface area contributed by atoms with Crippen molar-refractivity contribution in [2.24, 2.45) is 11.8 Å². The fourth-order valence-corrected chi connectivity index (χ4v) is 6.38. The monoisotopic (exact) mass is 476 g/mol. The Bertz CT molecular complexity index is 1120. The quantitative estimate of drug-likeness (QED) is 0.621. The number of amides is 2. The van der Waals surface area contributed by atoms with Crippen LogP contribution in [0.2, 0.25) is 0 Å². The van der Waals surface area contributed by atoms with Crippen LogP contribution >= 0.6 is 0 Å². The van der Waals surface area contributed by atoms with Crippen LogP contribution in [0.1, 0.15) is 73.1 Å². The molecule has 3 heterocycles. The van der Waals surface area contributed by atoms with E-state index in [4.69, 9.17) is 9.47 Å². The van der Waals surface area contributed by atoms with E-state index in [1.54, 1.807) is 0 Å². The second-order valence-electron chi connectivity index (χ2n) is 10.3. The number of hydrogen-bond acceptors (Lipinski definition) is 4. The highest BCUT2D eigenvalue weighted by Crippen LogP contribution is 2.49. The van der Waals surface area contributed by atoms with Gasteiger partial charge in [-0.2, -0.15) is 0 Å². The molecule has 6 nitrogen and oxygen atoms in total. The third-order valence-electron chi connectivity index (χ3n) is 7.63. The number of carbonyl (C=O) groups is 2. The van der Waals surface area contributed by atoms with Gasteiger partial charge in [-0.05, 0) is 73.4 Å². The van der Waals surface area contributed by atoms with Crippen LogP contribution in [0.25, 0.3) is 0 Å². The first kappa shape index (κ1) is 23.7. The van der Waals surface area contributed by atoms with Gasteiger partial charge in [-0.1, -0.05) is 32.0 Å². The van der Waals surface area contributed by atoms with Crippen molar-refractivity contribution in [1.82, 2.24) is 9.80 Å². The van der Waals surface area contributed by atoms with Crippen molar-refractivity contribution < 1.29 is 19.1 Å². The third kappa shape index (κ3) is 4.17. The van der Waals surface area contributed by atoms with Gasteiger partial charge in [-0.25, -0.2) is 0 Å². The Morgan fingerprint density at radius 1 is 0.971 bits per heavy atom. The van der Waals surface area contributed by atoms with Crippen molar-refractivity contribution in [3.63, 3.8) is 0 Å². The van der Waals surface area contributed by atoms with Gasteiger partial charge in [0.05, 0.1) is 25.2 Å². The maximum atomic E-state index is 14.3. The molecule has 5 rings (SSSR count). The van der Waals surface area contributed by atoms with Crippen molar-refractivity contribution >= 4 is 11.8 Å². The molecule has 186 valence electrons. The summed E-state index contributed by atoms with van der Waals surface area (Å²) in [5.74, 6) is 2.03. The van der Waals surface area contributed by atoms with Gasteiger partial charge in [-0.15, -0.1) is 0 Å². The first-order valence-corrected chi connectivity index (χ1v) is 13.0. The van der Waals surface area contributed by atoms with Crippen molar-refractivity contribution in [1.29, 1.82) is 0 Å². The van der Waals surface area contributed by atoms with E-state index < -0.39 is 5.92 Å². The topological polar surface area (TPSA) is 59.1 Å². The van der Waals surface area contributed by atoms with Gasteiger partial charge in [0, 0.05) is 25.2 Å². The molecular formula is C29H36N2O4. The van der Waals surface area contributed by atoms with Gasteiger partial charge in [0.25, 0.3) is 5.91 Å². The molecule has 1 saturated heterocycles. The van der Waals surface area contributed by atoms with Gasteiger partial charge >= 0.3 is 0 Å². The molecule has 2 aromatic carbocycles. The van der Waals surface area contributed by atoms with Crippen LogP contribution in [0.15, 0.2) is 36.4 Å². The maximum Gasteiger partial charge on any atom is 0.254 e. The molecule has 0 aliphatic carbocycles. The summed E-state index contributed by atoms with van der Waals surface area (Å²) in [7, 11) is 0. The number of rotatable bonds is 5. The van der Waals surface area contributed by atoms with E-state index in [1.165, 1.54) is 0 Å². The molecule has 2 amide bonds. The average molecular weight is 477 g/mol. The number of ether oxygens (including phenoxy) is 2. The summed E-state index contributed by atoms with van der Waals surface area (Å²) in [5.41, 5.74) is 3.62. The second-order valence-corrected chi connectivity index (χ2v) is 10.3. The summed E-state index contributed by atoms with van der Waals surface area (Å²) in [6.07, 6.45) is 1.87. The molecule has 0 saturated carbocycles. The Kier molecular flexibility index (Phi) is 6.47. The van der Waals surface area contributed by atoms with E-state index in [9.17, 15) is 9.59 Å². The summed E-state index contributed by atoms with van der Waals surface area (Å²) in [5, 5.41) is 0. The summed E-state index contributed by atoms with van der Waals surface area (Å²) < 4.78 is 11.8. The number of piperidine rings is 1. The third-order valence-corrected chi connectivity index (χ3v) is 7.63. The van der Waals surface area contributed by atoms with E-state index in [0.717, 1.165) is 48.4 Å². The number of carbonyl (C=O) groups excluding carboxylic acids is 2. The molecule has 0 radical (unpaired) electrons. The van der Waals surface area contributed by atoms with Crippen LogP contribution in [0, 0.1) is 11.8 Å². The minimum Gasteiger partial charge on any atom is -0.490 e. The average Bonchev–Trinajstić information content (AvgIpc) is 2.84. The van der Waals surface area contributed by atoms with E-state index in [-0.39, 0.29) is 17.9 Å². The van der Waals surface area contributed by atoms with Crippen molar-refractivity contribution in [2.45, 2.75) is 52.5 Å². The van der Waals surface area contributed by atoms with Crippen molar-refractivity contribution in [3.8, 4) is 11.5 Å². The minimum absolute atomic E-state index is 0.00697. The molecule has 0 unspecified atom stereocenters. The first-order chi connectivity index (χ1) is 16.9. The standard InChI is InChI=1S/C29H36N2O4/c1-5-34-24-14-20-11-12-31-27(23(20)15-25(24)35-6-2)26(21-9-7-8-10-22(21)28(31)32)29(33)30-16-18(3)13-19(4)17-30/h7-10,14-15,18-19,26-27H,5-6,11-13,16-17H2,1-4H3/t18-,19+,26-,27-/m1/s1. The molecule has 35 heavy (non-hydrogen) atoms. The van der Waals surface area contributed by atoms with Crippen LogP contribution in [0.4, 0.5) is 0 Å². The van der Waals surface area contributed by atoms with Crippen LogP contribution in [0.5, 0.6) is 11.5 Å². The Balaban J connectivity index is 1.65. The highest BCUT2D eigenvalue weighted by Gasteiger charge is 2.48. The first-order valence-electron chi connectivity index (χ1n) is 13.0. The number of hydrogen-bond donors (Lipinski definition) is 0. The molecule has 4 atom stereocenters. The van der Waals surface area contributed by atoms with Crippen LogP contribution < -0.4 is 9.47 Å². The molecule has 2 aromatic rings. The molecule has 0 spiro atoms.